The molecule has 2 saturated carbocycles. The highest BCUT2D eigenvalue weighted by Crippen LogP contribution is 2.44. The van der Waals surface area contributed by atoms with Crippen LogP contribution in [0.25, 0.3) is 11.1 Å². The molecule has 2 aromatic carbocycles. The Morgan fingerprint density at radius 3 is 2.14 bits per heavy atom. The molecule has 2 atom stereocenters. The zero-order valence-corrected chi connectivity index (χ0v) is 19.8. The van der Waals surface area contributed by atoms with Gasteiger partial charge in [0.05, 0.1) is 5.92 Å². The summed E-state index contributed by atoms with van der Waals surface area (Å²) in [5, 5.41) is 15.3. The minimum atomic E-state index is -1.06. The molecule has 0 aliphatic heterocycles. The van der Waals surface area contributed by atoms with Gasteiger partial charge in [-0.25, -0.2) is 4.79 Å². The van der Waals surface area contributed by atoms with Crippen molar-refractivity contribution in [3.05, 3.63) is 59.7 Å². The first-order valence-corrected chi connectivity index (χ1v) is 12.7. The molecule has 0 saturated heterocycles. The number of carbonyl (C=O) groups is 3. The normalized spacial score (nSPS) is 22.6. The van der Waals surface area contributed by atoms with Gasteiger partial charge in [0.15, 0.2) is 0 Å². The second-order valence-corrected chi connectivity index (χ2v) is 10.0. The van der Waals surface area contributed by atoms with E-state index in [9.17, 15) is 19.5 Å². The molecular formula is C28H32N2O5. The van der Waals surface area contributed by atoms with Gasteiger partial charge < -0.3 is 20.5 Å². The van der Waals surface area contributed by atoms with Gasteiger partial charge in [-0.05, 0) is 47.9 Å². The fourth-order valence-corrected chi connectivity index (χ4v) is 6.13. The maximum atomic E-state index is 13.4. The molecule has 7 nitrogen and oxygen atoms in total. The molecule has 7 heteroatoms. The molecule has 35 heavy (non-hydrogen) atoms. The van der Waals surface area contributed by atoms with E-state index in [-0.39, 0.29) is 18.4 Å². The van der Waals surface area contributed by atoms with E-state index in [0.717, 1.165) is 47.9 Å². The third-order valence-corrected chi connectivity index (χ3v) is 7.98. The lowest BCUT2D eigenvalue weighted by molar-refractivity contribution is -0.142. The van der Waals surface area contributed by atoms with Crippen LogP contribution in [0.5, 0.6) is 0 Å². The third-order valence-electron chi connectivity index (χ3n) is 7.98. The lowest BCUT2D eigenvalue weighted by atomic mass is 9.80. The molecule has 2 fully saturated rings. The van der Waals surface area contributed by atoms with Gasteiger partial charge in [-0.2, -0.15) is 0 Å². The van der Waals surface area contributed by atoms with Crippen molar-refractivity contribution in [1.29, 1.82) is 0 Å². The molecule has 3 aliphatic rings. The number of carboxylic acids is 1. The molecule has 0 radical (unpaired) electrons. The van der Waals surface area contributed by atoms with Crippen LogP contribution >= 0.6 is 0 Å². The number of aliphatic carboxylic acids is 1. The number of hydrogen-bond donors (Lipinski definition) is 3. The molecule has 184 valence electrons. The minimum absolute atomic E-state index is 0.0564. The number of alkyl carbamates (subject to hydrolysis) is 1. The summed E-state index contributed by atoms with van der Waals surface area (Å²) >= 11 is 0. The molecule has 0 spiro atoms. The van der Waals surface area contributed by atoms with E-state index in [2.05, 4.69) is 34.9 Å². The van der Waals surface area contributed by atoms with Crippen molar-refractivity contribution in [2.75, 3.05) is 6.61 Å². The number of rotatable bonds is 6. The van der Waals surface area contributed by atoms with Crippen molar-refractivity contribution in [3.63, 3.8) is 0 Å². The number of ether oxygens (including phenoxy) is 1. The van der Waals surface area contributed by atoms with Crippen molar-refractivity contribution in [3.8, 4) is 11.1 Å². The number of carboxylic acid groups (broad SMARTS) is 1. The Morgan fingerprint density at radius 2 is 1.51 bits per heavy atom. The summed E-state index contributed by atoms with van der Waals surface area (Å²) in [5.74, 6) is -1.80. The van der Waals surface area contributed by atoms with E-state index < -0.39 is 29.6 Å². The van der Waals surface area contributed by atoms with Gasteiger partial charge in [-0.1, -0.05) is 74.2 Å². The molecule has 0 bridgehead atoms. The Bertz CT molecular complexity index is 1080. The number of nitrogens with one attached hydrogen (secondary N) is 2. The average molecular weight is 477 g/mol. The molecule has 0 unspecified atom stereocenters. The van der Waals surface area contributed by atoms with Crippen LogP contribution in [-0.2, 0) is 14.3 Å². The van der Waals surface area contributed by atoms with Crippen molar-refractivity contribution >= 4 is 18.0 Å². The van der Waals surface area contributed by atoms with E-state index >= 15 is 0 Å². The molecule has 0 heterocycles. The lowest BCUT2D eigenvalue weighted by Crippen LogP contribution is -2.61. The van der Waals surface area contributed by atoms with Crippen LogP contribution in [-0.4, -0.2) is 41.3 Å². The number of carbonyl (C=O) groups excluding carboxylic acids is 2. The second kappa shape index (κ2) is 9.72. The van der Waals surface area contributed by atoms with E-state index in [1.165, 1.54) is 0 Å². The Morgan fingerprint density at radius 1 is 0.886 bits per heavy atom. The van der Waals surface area contributed by atoms with Gasteiger partial charge >= 0.3 is 12.1 Å². The van der Waals surface area contributed by atoms with Gasteiger partial charge in [-0.15, -0.1) is 0 Å². The van der Waals surface area contributed by atoms with Crippen LogP contribution in [0.1, 0.15) is 68.4 Å². The van der Waals surface area contributed by atoms with E-state index in [4.69, 9.17) is 4.74 Å². The van der Waals surface area contributed by atoms with Crippen LogP contribution in [0.4, 0.5) is 4.79 Å². The van der Waals surface area contributed by atoms with Crippen molar-refractivity contribution in [2.24, 2.45) is 5.92 Å². The number of hydrogen-bond acceptors (Lipinski definition) is 4. The van der Waals surface area contributed by atoms with Crippen LogP contribution in [0, 0.1) is 5.92 Å². The first-order chi connectivity index (χ1) is 17.0. The fourth-order valence-electron chi connectivity index (χ4n) is 6.13. The summed E-state index contributed by atoms with van der Waals surface area (Å²) in [4.78, 5) is 38.0. The van der Waals surface area contributed by atoms with Crippen LogP contribution in [0.2, 0.25) is 0 Å². The zero-order valence-electron chi connectivity index (χ0n) is 19.8. The summed E-state index contributed by atoms with van der Waals surface area (Å²) < 4.78 is 5.72. The fraction of sp³-hybridized carbons (Fsp3) is 0.464. The SMILES string of the molecule is O=C(NC1(C(=O)N[C@@H]2CCC[C@@H]2C(=O)O)CCCCC1)OCC1c2ccccc2-c2ccccc21. The Hall–Kier alpha value is -3.35. The van der Waals surface area contributed by atoms with Crippen molar-refractivity contribution < 1.29 is 24.2 Å². The van der Waals surface area contributed by atoms with E-state index in [1.54, 1.807) is 0 Å². The lowest BCUT2D eigenvalue weighted by Gasteiger charge is -2.37. The minimum Gasteiger partial charge on any atom is -0.481 e. The standard InChI is InChI=1S/C28H32N2O5/c31-25(32)22-13-8-14-24(22)29-26(33)28(15-6-1-7-16-28)30-27(34)35-17-23-20-11-4-2-9-18(20)19-10-3-5-12-21(19)23/h2-5,9-12,22-24H,1,6-8,13-17H2,(H,29,33)(H,30,34)(H,31,32)/t22-,24+/m0/s1. The Balaban J connectivity index is 1.28. The maximum absolute atomic E-state index is 13.4. The summed E-state index contributed by atoms with van der Waals surface area (Å²) in [6.45, 7) is 0.182. The molecule has 3 N–H and O–H groups in total. The monoisotopic (exact) mass is 476 g/mol. The van der Waals surface area contributed by atoms with Crippen LogP contribution < -0.4 is 10.6 Å². The first kappa shape index (κ1) is 23.4. The zero-order chi connectivity index (χ0) is 24.4. The average Bonchev–Trinajstić information content (AvgIpc) is 3.46. The van der Waals surface area contributed by atoms with Gasteiger partial charge in [-0.3, -0.25) is 9.59 Å². The Kier molecular flexibility index (Phi) is 6.50. The predicted octanol–water partition coefficient (Wildman–Crippen LogP) is 4.60. The quantitative estimate of drug-likeness (QED) is 0.565. The first-order valence-electron chi connectivity index (χ1n) is 12.7. The van der Waals surface area contributed by atoms with E-state index in [0.29, 0.717) is 25.7 Å². The van der Waals surface area contributed by atoms with Gasteiger partial charge in [0, 0.05) is 12.0 Å². The topological polar surface area (TPSA) is 105 Å². The Labute approximate surface area is 205 Å². The molecular weight excluding hydrogens is 444 g/mol. The van der Waals surface area contributed by atoms with Gasteiger partial charge in [0.1, 0.15) is 12.1 Å². The molecule has 3 aliphatic carbocycles. The molecule has 2 aromatic rings. The number of benzene rings is 2. The van der Waals surface area contributed by atoms with Gasteiger partial charge in [0.25, 0.3) is 0 Å². The highest BCUT2D eigenvalue weighted by molar-refractivity contribution is 5.91. The predicted molar refractivity (Wildman–Crippen MR) is 131 cm³/mol. The van der Waals surface area contributed by atoms with Crippen molar-refractivity contribution in [2.45, 2.75) is 68.9 Å². The summed E-state index contributed by atoms with van der Waals surface area (Å²) in [5.41, 5.74) is 3.52. The maximum Gasteiger partial charge on any atom is 0.408 e. The van der Waals surface area contributed by atoms with E-state index in [1.807, 2.05) is 24.3 Å². The molecule has 5 rings (SSSR count). The second-order valence-electron chi connectivity index (χ2n) is 10.0. The van der Waals surface area contributed by atoms with Crippen molar-refractivity contribution in [1.82, 2.24) is 10.6 Å². The molecule has 2 amide bonds. The summed E-state index contributed by atoms with van der Waals surface area (Å²) in [6.07, 6.45) is 5.06. The number of fused-ring (bicyclic) bond motifs is 3. The third kappa shape index (κ3) is 4.51. The highest BCUT2D eigenvalue weighted by Gasteiger charge is 2.44. The van der Waals surface area contributed by atoms with Crippen LogP contribution in [0.15, 0.2) is 48.5 Å². The highest BCUT2D eigenvalue weighted by atomic mass is 16.5. The van der Waals surface area contributed by atoms with Crippen LogP contribution in [0.3, 0.4) is 0 Å². The molecule has 0 aromatic heterocycles. The van der Waals surface area contributed by atoms with Gasteiger partial charge in [0.2, 0.25) is 5.91 Å². The smallest absolute Gasteiger partial charge is 0.408 e. The largest absolute Gasteiger partial charge is 0.481 e. The summed E-state index contributed by atoms with van der Waals surface area (Å²) in [6, 6.07) is 15.9. The summed E-state index contributed by atoms with van der Waals surface area (Å²) in [7, 11) is 0. The number of amides is 2.